The van der Waals surface area contributed by atoms with Gasteiger partial charge in [0.05, 0.1) is 0 Å². The SMILES string of the molecule is CCC(N)C(Oc1ccccc1C)c1cccc(C)c1. The van der Waals surface area contributed by atoms with Crippen LogP contribution in [0, 0.1) is 13.8 Å². The zero-order valence-corrected chi connectivity index (χ0v) is 12.5. The van der Waals surface area contributed by atoms with E-state index in [0.717, 1.165) is 23.3 Å². The second-order valence-electron chi connectivity index (χ2n) is 5.29. The quantitative estimate of drug-likeness (QED) is 0.884. The van der Waals surface area contributed by atoms with E-state index in [1.165, 1.54) is 5.56 Å². The molecule has 2 atom stereocenters. The molecule has 0 aromatic heterocycles. The third-order valence-corrected chi connectivity index (χ3v) is 3.58. The van der Waals surface area contributed by atoms with Crippen LogP contribution in [0.2, 0.25) is 0 Å². The van der Waals surface area contributed by atoms with Crippen molar-refractivity contribution >= 4 is 0 Å². The molecule has 0 aliphatic rings. The summed E-state index contributed by atoms with van der Waals surface area (Å²) in [6.07, 6.45) is 0.769. The topological polar surface area (TPSA) is 35.2 Å². The summed E-state index contributed by atoms with van der Waals surface area (Å²) in [4.78, 5) is 0. The molecule has 0 aliphatic carbocycles. The van der Waals surface area contributed by atoms with Gasteiger partial charge in [-0.25, -0.2) is 0 Å². The van der Waals surface area contributed by atoms with Crippen LogP contribution in [0.5, 0.6) is 5.75 Å². The summed E-state index contributed by atoms with van der Waals surface area (Å²) in [7, 11) is 0. The fraction of sp³-hybridized carbons (Fsp3) is 0.333. The van der Waals surface area contributed by atoms with Gasteiger partial charge >= 0.3 is 0 Å². The molecule has 0 radical (unpaired) electrons. The molecule has 0 bridgehead atoms. The fourth-order valence-corrected chi connectivity index (χ4v) is 2.29. The van der Waals surface area contributed by atoms with E-state index in [1.54, 1.807) is 0 Å². The molecule has 2 nitrogen and oxygen atoms in total. The Labute approximate surface area is 121 Å². The van der Waals surface area contributed by atoms with Crippen molar-refractivity contribution in [2.45, 2.75) is 39.3 Å². The van der Waals surface area contributed by atoms with E-state index in [2.05, 4.69) is 51.1 Å². The van der Waals surface area contributed by atoms with Crippen molar-refractivity contribution < 1.29 is 4.74 Å². The molecule has 2 N–H and O–H groups in total. The highest BCUT2D eigenvalue weighted by Crippen LogP contribution is 2.28. The van der Waals surface area contributed by atoms with Gasteiger partial charge in [-0.2, -0.15) is 0 Å². The van der Waals surface area contributed by atoms with Gasteiger partial charge in [0, 0.05) is 6.04 Å². The standard InChI is InChI=1S/C18H23NO/c1-4-16(19)18(15-10-7-8-13(2)12-15)20-17-11-6-5-9-14(17)3/h5-12,16,18H,4,19H2,1-3H3. The minimum atomic E-state index is -0.110. The van der Waals surface area contributed by atoms with Crippen molar-refractivity contribution in [2.24, 2.45) is 5.73 Å². The number of ether oxygens (including phenoxy) is 1. The highest BCUT2D eigenvalue weighted by atomic mass is 16.5. The lowest BCUT2D eigenvalue weighted by Gasteiger charge is -2.26. The number of hydrogen-bond donors (Lipinski definition) is 1. The summed E-state index contributed by atoms with van der Waals surface area (Å²) in [5.41, 5.74) is 9.77. The first-order valence-corrected chi connectivity index (χ1v) is 7.16. The second-order valence-corrected chi connectivity index (χ2v) is 5.29. The Kier molecular flexibility index (Phi) is 4.80. The number of hydrogen-bond acceptors (Lipinski definition) is 2. The monoisotopic (exact) mass is 269 g/mol. The Morgan fingerprint density at radius 2 is 1.80 bits per heavy atom. The molecule has 2 heteroatoms. The normalized spacial score (nSPS) is 13.8. The largest absolute Gasteiger partial charge is 0.484 e. The first-order valence-electron chi connectivity index (χ1n) is 7.16. The van der Waals surface area contributed by atoms with Crippen molar-refractivity contribution in [3.63, 3.8) is 0 Å². The number of rotatable bonds is 5. The summed E-state index contributed by atoms with van der Waals surface area (Å²) in [5, 5.41) is 0. The maximum absolute atomic E-state index is 6.27. The van der Waals surface area contributed by atoms with E-state index in [1.807, 2.05) is 18.2 Å². The van der Waals surface area contributed by atoms with E-state index < -0.39 is 0 Å². The Balaban J connectivity index is 2.31. The Morgan fingerprint density at radius 3 is 2.45 bits per heavy atom. The minimum Gasteiger partial charge on any atom is -0.484 e. The Morgan fingerprint density at radius 1 is 1.05 bits per heavy atom. The molecule has 0 aliphatic heterocycles. The molecule has 20 heavy (non-hydrogen) atoms. The third kappa shape index (κ3) is 3.40. The summed E-state index contributed by atoms with van der Waals surface area (Å²) in [6.45, 7) is 6.24. The van der Waals surface area contributed by atoms with Gasteiger partial charge in [-0.1, -0.05) is 55.0 Å². The molecule has 2 aromatic rings. The van der Waals surface area contributed by atoms with Gasteiger partial charge in [-0.15, -0.1) is 0 Å². The van der Waals surface area contributed by atoms with E-state index in [-0.39, 0.29) is 12.1 Å². The van der Waals surface area contributed by atoms with Gasteiger partial charge in [0.15, 0.2) is 0 Å². The molecule has 106 valence electrons. The van der Waals surface area contributed by atoms with Crippen LogP contribution in [0.1, 0.15) is 36.1 Å². The first-order chi connectivity index (χ1) is 9.61. The maximum atomic E-state index is 6.27. The highest BCUT2D eigenvalue weighted by Gasteiger charge is 2.21. The van der Waals surface area contributed by atoms with Crippen LogP contribution in [0.15, 0.2) is 48.5 Å². The van der Waals surface area contributed by atoms with Crippen molar-refractivity contribution in [3.05, 3.63) is 65.2 Å². The molecule has 0 fully saturated rings. The molecule has 2 aromatic carbocycles. The lowest BCUT2D eigenvalue weighted by molar-refractivity contribution is 0.170. The van der Waals surface area contributed by atoms with Crippen LogP contribution in [-0.4, -0.2) is 6.04 Å². The average molecular weight is 269 g/mol. The van der Waals surface area contributed by atoms with Gasteiger partial charge in [-0.05, 0) is 37.5 Å². The summed E-state index contributed by atoms with van der Waals surface area (Å²) in [5.74, 6) is 0.905. The zero-order chi connectivity index (χ0) is 14.5. The first kappa shape index (κ1) is 14.6. The van der Waals surface area contributed by atoms with Gasteiger partial charge in [0.2, 0.25) is 0 Å². The number of nitrogens with two attached hydrogens (primary N) is 1. The molecule has 0 amide bonds. The van der Waals surface area contributed by atoms with Crippen LogP contribution >= 0.6 is 0 Å². The smallest absolute Gasteiger partial charge is 0.139 e. The number of para-hydroxylation sites is 1. The van der Waals surface area contributed by atoms with Crippen LogP contribution in [0.4, 0.5) is 0 Å². The Bertz CT molecular complexity index is 565. The van der Waals surface area contributed by atoms with Crippen molar-refractivity contribution in [3.8, 4) is 5.75 Å². The highest BCUT2D eigenvalue weighted by molar-refractivity contribution is 5.34. The summed E-state index contributed by atoms with van der Waals surface area (Å²) >= 11 is 0. The summed E-state index contributed by atoms with van der Waals surface area (Å²) < 4.78 is 6.21. The minimum absolute atomic E-state index is 0.0172. The molecule has 0 saturated heterocycles. The molecular weight excluding hydrogens is 246 g/mol. The third-order valence-electron chi connectivity index (χ3n) is 3.58. The van der Waals surface area contributed by atoms with E-state index in [9.17, 15) is 0 Å². The number of benzene rings is 2. The van der Waals surface area contributed by atoms with Crippen LogP contribution < -0.4 is 10.5 Å². The van der Waals surface area contributed by atoms with Gasteiger partial charge in [-0.3, -0.25) is 0 Å². The van der Waals surface area contributed by atoms with Gasteiger partial charge in [0.1, 0.15) is 11.9 Å². The van der Waals surface area contributed by atoms with Gasteiger partial charge in [0.25, 0.3) is 0 Å². The van der Waals surface area contributed by atoms with E-state index in [0.29, 0.717) is 0 Å². The van der Waals surface area contributed by atoms with Crippen molar-refractivity contribution in [1.29, 1.82) is 0 Å². The van der Waals surface area contributed by atoms with Crippen LogP contribution in [0.25, 0.3) is 0 Å². The van der Waals surface area contributed by atoms with Gasteiger partial charge < -0.3 is 10.5 Å². The molecule has 0 saturated carbocycles. The van der Waals surface area contributed by atoms with E-state index in [4.69, 9.17) is 10.5 Å². The predicted molar refractivity (Wildman–Crippen MR) is 84.0 cm³/mol. The Hall–Kier alpha value is -1.80. The van der Waals surface area contributed by atoms with Crippen LogP contribution in [-0.2, 0) is 0 Å². The van der Waals surface area contributed by atoms with Crippen LogP contribution in [0.3, 0.4) is 0 Å². The second kappa shape index (κ2) is 6.58. The number of aryl methyl sites for hydroxylation is 2. The maximum Gasteiger partial charge on any atom is 0.139 e. The van der Waals surface area contributed by atoms with Crippen molar-refractivity contribution in [1.82, 2.24) is 0 Å². The van der Waals surface area contributed by atoms with Crippen molar-refractivity contribution in [2.75, 3.05) is 0 Å². The average Bonchev–Trinajstić information content (AvgIpc) is 2.45. The molecule has 2 unspecified atom stereocenters. The fourth-order valence-electron chi connectivity index (χ4n) is 2.29. The summed E-state index contributed by atoms with van der Waals surface area (Å²) in [6, 6.07) is 16.4. The molecule has 0 heterocycles. The zero-order valence-electron chi connectivity index (χ0n) is 12.5. The predicted octanol–water partition coefficient (Wildman–Crippen LogP) is 4.16. The lowest BCUT2D eigenvalue weighted by atomic mass is 9.99. The lowest BCUT2D eigenvalue weighted by Crippen LogP contribution is -2.31. The molecule has 2 rings (SSSR count). The molecule has 0 spiro atoms. The molecular formula is C18H23NO. The van der Waals surface area contributed by atoms with E-state index >= 15 is 0 Å².